The van der Waals surface area contributed by atoms with Crippen LogP contribution in [0.2, 0.25) is 10.0 Å². The van der Waals surface area contributed by atoms with Crippen molar-refractivity contribution in [3.63, 3.8) is 0 Å². The van der Waals surface area contributed by atoms with Gasteiger partial charge in [0, 0.05) is 16.6 Å². The highest BCUT2D eigenvalue weighted by Gasteiger charge is 2.17. The molecule has 0 aliphatic carbocycles. The van der Waals surface area contributed by atoms with E-state index in [1.54, 1.807) is 0 Å². The lowest BCUT2D eigenvalue weighted by molar-refractivity contribution is 0.644. The van der Waals surface area contributed by atoms with E-state index in [4.69, 9.17) is 23.2 Å². The minimum Gasteiger partial charge on any atom is -0.316 e. The van der Waals surface area contributed by atoms with Crippen molar-refractivity contribution in [2.45, 2.75) is 19.3 Å². The molecule has 3 heteroatoms. The summed E-state index contributed by atoms with van der Waals surface area (Å²) in [5.74, 6) is 0.490. The molecule has 0 fully saturated rings. The van der Waals surface area contributed by atoms with Crippen molar-refractivity contribution in [2.24, 2.45) is 0 Å². The number of rotatable bonds is 0. The molecule has 76 valence electrons. The second-order valence-electron chi connectivity index (χ2n) is 3.81. The molecule has 0 unspecified atom stereocenters. The van der Waals surface area contributed by atoms with Crippen LogP contribution in [0, 0.1) is 0 Å². The molecule has 2 rings (SSSR count). The first-order chi connectivity index (χ1) is 6.68. The van der Waals surface area contributed by atoms with Crippen LogP contribution >= 0.6 is 23.2 Å². The molecular formula is C11H13Cl2N. The third-order valence-corrected chi connectivity index (χ3v) is 3.28. The summed E-state index contributed by atoms with van der Waals surface area (Å²) in [4.78, 5) is 0. The van der Waals surface area contributed by atoms with Crippen LogP contribution in [0.15, 0.2) is 12.1 Å². The summed E-state index contributed by atoms with van der Waals surface area (Å²) in [6.07, 6.45) is 0.996. The zero-order chi connectivity index (χ0) is 10.1. The molecule has 0 bridgehead atoms. The number of hydrogen-bond acceptors (Lipinski definition) is 1. The molecule has 1 aliphatic heterocycles. The highest BCUT2D eigenvalue weighted by atomic mass is 35.5. The molecule has 0 saturated carbocycles. The fourth-order valence-corrected chi connectivity index (χ4v) is 2.57. The van der Waals surface area contributed by atoms with Crippen molar-refractivity contribution in [2.75, 3.05) is 13.1 Å². The van der Waals surface area contributed by atoms with Gasteiger partial charge in [0.2, 0.25) is 0 Å². The normalized spacial score (nSPS) is 21.5. The Bertz CT molecular complexity index is 349. The zero-order valence-corrected chi connectivity index (χ0v) is 9.62. The Kier molecular flexibility index (Phi) is 3.01. The molecule has 14 heavy (non-hydrogen) atoms. The van der Waals surface area contributed by atoms with Gasteiger partial charge >= 0.3 is 0 Å². The van der Waals surface area contributed by atoms with Crippen molar-refractivity contribution in [3.8, 4) is 0 Å². The molecule has 1 aromatic carbocycles. The van der Waals surface area contributed by atoms with Gasteiger partial charge in [-0.3, -0.25) is 0 Å². The Labute approximate surface area is 94.4 Å². The summed E-state index contributed by atoms with van der Waals surface area (Å²) in [5.41, 5.74) is 2.56. The topological polar surface area (TPSA) is 12.0 Å². The predicted octanol–water partition coefficient (Wildman–Crippen LogP) is 3.24. The van der Waals surface area contributed by atoms with Gasteiger partial charge in [0.25, 0.3) is 0 Å². The van der Waals surface area contributed by atoms with Gasteiger partial charge in [-0.1, -0.05) is 30.1 Å². The first kappa shape index (κ1) is 10.3. The lowest BCUT2D eigenvalue weighted by Gasteiger charge is -2.13. The van der Waals surface area contributed by atoms with Crippen molar-refractivity contribution < 1.29 is 0 Å². The van der Waals surface area contributed by atoms with Crippen LogP contribution in [0.25, 0.3) is 0 Å². The minimum absolute atomic E-state index is 0.490. The zero-order valence-electron chi connectivity index (χ0n) is 8.11. The molecule has 1 atom stereocenters. The van der Waals surface area contributed by atoms with Crippen LogP contribution in [-0.4, -0.2) is 13.1 Å². The van der Waals surface area contributed by atoms with Crippen molar-refractivity contribution in [3.05, 3.63) is 33.3 Å². The van der Waals surface area contributed by atoms with Crippen LogP contribution < -0.4 is 5.32 Å². The fraction of sp³-hybridized carbons (Fsp3) is 0.455. The molecule has 1 nitrogen and oxygen atoms in total. The number of nitrogens with one attached hydrogen (secondary N) is 1. The third-order valence-electron chi connectivity index (χ3n) is 2.73. The van der Waals surface area contributed by atoms with Gasteiger partial charge in [0.15, 0.2) is 0 Å². The maximum absolute atomic E-state index is 6.17. The molecule has 0 saturated heterocycles. The summed E-state index contributed by atoms with van der Waals surface area (Å²) < 4.78 is 0. The minimum atomic E-state index is 0.490. The monoisotopic (exact) mass is 229 g/mol. The largest absolute Gasteiger partial charge is 0.316 e. The Morgan fingerprint density at radius 1 is 1.36 bits per heavy atom. The molecule has 0 amide bonds. The lowest BCUT2D eigenvalue weighted by atomic mass is 9.95. The van der Waals surface area contributed by atoms with Crippen LogP contribution in [0.1, 0.15) is 24.0 Å². The van der Waals surface area contributed by atoms with Gasteiger partial charge in [0.05, 0.1) is 0 Å². The summed E-state index contributed by atoms with van der Waals surface area (Å²) in [5, 5.41) is 4.94. The van der Waals surface area contributed by atoms with Gasteiger partial charge in [-0.25, -0.2) is 0 Å². The molecule has 1 aliphatic rings. The number of benzene rings is 1. The molecule has 0 spiro atoms. The second-order valence-corrected chi connectivity index (χ2v) is 4.65. The molecule has 1 aromatic rings. The molecule has 0 aromatic heterocycles. The summed E-state index contributed by atoms with van der Waals surface area (Å²) in [6, 6.07) is 3.88. The maximum Gasteiger partial charge on any atom is 0.0456 e. The van der Waals surface area contributed by atoms with Crippen LogP contribution in [0.3, 0.4) is 0 Å². The van der Waals surface area contributed by atoms with E-state index in [9.17, 15) is 0 Å². The summed E-state index contributed by atoms with van der Waals surface area (Å²) in [6.45, 7) is 4.20. The van der Waals surface area contributed by atoms with Gasteiger partial charge in [-0.05, 0) is 42.1 Å². The second kappa shape index (κ2) is 4.09. The van der Waals surface area contributed by atoms with Crippen LogP contribution in [0.5, 0.6) is 0 Å². The number of hydrogen-bond donors (Lipinski definition) is 1. The van der Waals surface area contributed by atoms with E-state index < -0.39 is 0 Å². The highest BCUT2D eigenvalue weighted by molar-refractivity contribution is 6.35. The van der Waals surface area contributed by atoms with Gasteiger partial charge in [-0.15, -0.1) is 0 Å². The fourth-order valence-electron chi connectivity index (χ4n) is 1.97. The van der Waals surface area contributed by atoms with E-state index in [1.807, 2.05) is 12.1 Å². The maximum atomic E-state index is 6.17. The first-order valence-corrected chi connectivity index (χ1v) is 5.62. The van der Waals surface area contributed by atoms with Gasteiger partial charge in [-0.2, -0.15) is 0 Å². The Morgan fingerprint density at radius 2 is 2.14 bits per heavy atom. The van der Waals surface area contributed by atoms with Crippen molar-refractivity contribution in [1.82, 2.24) is 5.32 Å². The molecular weight excluding hydrogens is 217 g/mol. The number of halogens is 2. The predicted molar refractivity (Wildman–Crippen MR) is 61.5 cm³/mol. The van der Waals surface area contributed by atoms with Crippen LogP contribution in [-0.2, 0) is 6.42 Å². The van der Waals surface area contributed by atoms with Crippen molar-refractivity contribution in [1.29, 1.82) is 0 Å². The molecule has 1 N–H and O–H groups in total. The van der Waals surface area contributed by atoms with E-state index in [1.165, 1.54) is 11.1 Å². The van der Waals surface area contributed by atoms with E-state index in [0.717, 1.165) is 29.6 Å². The Balaban J connectivity index is 2.53. The average molecular weight is 230 g/mol. The van der Waals surface area contributed by atoms with Gasteiger partial charge < -0.3 is 5.32 Å². The first-order valence-electron chi connectivity index (χ1n) is 4.87. The highest BCUT2D eigenvalue weighted by Crippen LogP contribution is 2.31. The smallest absolute Gasteiger partial charge is 0.0456 e. The van der Waals surface area contributed by atoms with Crippen molar-refractivity contribution >= 4 is 23.2 Å². The lowest BCUT2D eigenvalue weighted by Crippen LogP contribution is -2.18. The standard InChI is InChI=1S/C11H13Cl2N/c1-7-6-14-3-2-9-10(7)4-8(12)5-11(9)13/h4-5,7,14H,2-3,6H2,1H3/t7-/m1/s1. The summed E-state index contributed by atoms with van der Waals surface area (Å²) >= 11 is 12.2. The molecule has 1 heterocycles. The number of fused-ring (bicyclic) bond motifs is 1. The molecule has 0 radical (unpaired) electrons. The SMILES string of the molecule is C[C@@H]1CNCCc2c(Cl)cc(Cl)cc21. The van der Waals surface area contributed by atoms with E-state index in [-0.39, 0.29) is 0 Å². The quantitative estimate of drug-likeness (QED) is 0.721. The Hall–Kier alpha value is -0.240. The average Bonchev–Trinajstić information content (AvgIpc) is 2.29. The van der Waals surface area contributed by atoms with Gasteiger partial charge in [0.1, 0.15) is 0 Å². The van der Waals surface area contributed by atoms with E-state index >= 15 is 0 Å². The Morgan fingerprint density at radius 3 is 2.93 bits per heavy atom. The summed E-state index contributed by atoms with van der Waals surface area (Å²) in [7, 11) is 0. The van der Waals surface area contributed by atoms with E-state index in [2.05, 4.69) is 12.2 Å². The van der Waals surface area contributed by atoms with E-state index in [0.29, 0.717) is 5.92 Å². The van der Waals surface area contributed by atoms with Crippen LogP contribution in [0.4, 0.5) is 0 Å². The third kappa shape index (κ3) is 1.90.